The third-order valence-electron chi connectivity index (χ3n) is 11.4. The summed E-state index contributed by atoms with van der Waals surface area (Å²) in [6, 6.07) is 26.3. The van der Waals surface area contributed by atoms with E-state index in [2.05, 4.69) is 97.9 Å². The normalized spacial score (nSPS) is 29.8. The fourth-order valence-corrected chi connectivity index (χ4v) is 55.2. The first kappa shape index (κ1) is 24.8. The van der Waals surface area contributed by atoms with Crippen molar-refractivity contribution in [3.05, 3.63) is 82.9 Å². The standard InChI is InChI=1S/2C14H17Si.C2H4.2ClH.Ti/c2*1-2-15(10-5-11-15)14-9-8-12-6-3-4-7-13(12)14;1-2;;;/h2*3-4,6-9H,2,5,10-11H2,1H3;1H,2H3;2*1H;/q;;;;;+2/p-2. The van der Waals surface area contributed by atoms with Gasteiger partial charge in [-0.1, -0.05) is 0 Å². The van der Waals surface area contributed by atoms with E-state index in [0.717, 1.165) is 0 Å². The fraction of sp³-hybridized carbons (Fsp3) is 0.433. The average Bonchev–Trinajstić information content (AvgIpc) is 3.41. The second-order valence-corrected chi connectivity index (χ2v) is 37.5. The van der Waals surface area contributed by atoms with E-state index in [-0.39, 0.29) is 6.69 Å². The molecule has 0 aromatic heterocycles. The zero-order valence-corrected chi connectivity index (χ0v) is 26.5. The molecule has 0 radical (unpaired) electrons. The summed E-state index contributed by atoms with van der Waals surface area (Å²) in [5, 5.41) is 0. The van der Waals surface area contributed by atoms with Gasteiger partial charge < -0.3 is 0 Å². The molecule has 4 aliphatic rings. The minimum absolute atomic E-state index is 0.168. The zero-order valence-electron chi connectivity index (χ0n) is 21.4. The van der Waals surface area contributed by atoms with Gasteiger partial charge in [0, 0.05) is 0 Å². The Hall–Kier alpha value is -0.482. The molecule has 0 spiro atoms. The molecular weight excluding hydrogens is 535 g/mol. The molecule has 0 amide bonds. The summed E-state index contributed by atoms with van der Waals surface area (Å²) in [5.41, 5.74) is 5.68. The number of rotatable bonds is 6. The van der Waals surface area contributed by atoms with Crippen molar-refractivity contribution < 1.29 is 12.7 Å². The van der Waals surface area contributed by atoms with Crippen LogP contribution < -0.4 is 0 Å². The summed E-state index contributed by atoms with van der Waals surface area (Å²) in [5.74, 6) is 0. The van der Waals surface area contributed by atoms with Gasteiger partial charge >= 0.3 is 223 Å². The molecule has 2 saturated heterocycles. The maximum absolute atomic E-state index is 8.78. The molecule has 184 valence electrons. The SMILES string of the molecule is C[CH]=[Ti]([Cl])([Cl])([C]1([Si]2(CC)CCC2)C=Cc2ccccc21)[C]1([Si]2(CC)CCC2)C=Cc2ccccc21. The third kappa shape index (κ3) is 2.58. The number of fused-ring (bicyclic) bond motifs is 2. The molecule has 6 rings (SSSR count). The Kier molecular flexibility index (Phi) is 5.68. The number of benzene rings is 2. The molecular formula is C30H38Cl2Si2Ti. The number of hydrogen-bond donors (Lipinski definition) is 0. The molecule has 5 heteroatoms. The summed E-state index contributed by atoms with van der Waals surface area (Å²) >= 11 is -4.69. The van der Waals surface area contributed by atoms with E-state index in [4.69, 9.17) is 18.6 Å². The van der Waals surface area contributed by atoms with Crippen molar-refractivity contribution >= 4 is 51.2 Å². The molecule has 2 aromatic rings. The van der Waals surface area contributed by atoms with E-state index < -0.39 is 28.9 Å². The quantitative estimate of drug-likeness (QED) is 0.302. The second-order valence-electron chi connectivity index (χ2n) is 11.8. The van der Waals surface area contributed by atoms with Crippen molar-refractivity contribution in [2.75, 3.05) is 0 Å². The van der Waals surface area contributed by atoms with E-state index in [9.17, 15) is 0 Å². The Morgan fingerprint density at radius 2 is 1.14 bits per heavy atom. The molecule has 2 heterocycles. The molecule has 2 aliphatic carbocycles. The average molecular weight is 574 g/mol. The van der Waals surface area contributed by atoms with E-state index in [1.165, 1.54) is 71.4 Å². The fourth-order valence-electron chi connectivity index (χ4n) is 9.34. The van der Waals surface area contributed by atoms with Crippen LogP contribution in [0.15, 0.2) is 60.7 Å². The molecule has 0 nitrogen and oxygen atoms in total. The van der Waals surface area contributed by atoms with Gasteiger partial charge in [0.15, 0.2) is 0 Å². The predicted octanol–water partition coefficient (Wildman–Crippen LogP) is 9.47. The van der Waals surface area contributed by atoms with Crippen LogP contribution in [0.5, 0.6) is 0 Å². The van der Waals surface area contributed by atoms with E-state index in [1.54, 1.807) is 0 Å². The van der Waals surface area contributed by atoms with Crippen molar-refractivity contribution in [2.45, 2.75) is 76.6 Å². The van der Waals surface area contributed by atoms with Crippen LogP contribution in [0, 0.1) is 0 Å². The van der Waals surface area contributed by atoms with Crippen LogP contribution in [0.1, 0.15) is 55.9 Å². The predicted molar refractivity (Wildman–Crippen MR) is 159 cm³/mol. The van der Waals surface area contributed by atoms with Crippen molar-refractivity contribution in [1.82, 2.24) is 0 Å². The molecule has 2 aromatic carbocycles. The summed E-state index contributed by atoms with van der Waals surface area (Å²) in [4.78, 5) is 0. The minimum atomic E-state index is -4.69. The van der Waals surface area contributed by atoms with Gasteiger partial charge in [-0.15, -0.1) is 0 Å². The first-order valence-corrected chi connectivity index (χ1v) is 25.8. The van der Waals surface area contributed by atoms with Crippen LogP contribution in [-0.2, 0) is 19.4 Å². The summed E-state index contributed by atoms with van der Waals surface area (Å²) in [7, 11) is 13.9. The first-order chi connectivity index (χ1) is 16.8. The summed E-state index contributed by atoms with van der Waals surface area (Å²) in [6.45, 7) is 7.18. The summed E-state index contributed by atoms with van der Waals surface area (Å²) in [6.07, 6.45) is 12.7. The van der Waals surface area contributed by atoms with Gasteiger partial charge in [0.2, 0.25) is 0 Å². The van der Waals surface area contributed by atoms with Crippen LogP contribution in [0.25, 0.3) is 12.2 Å². The van der Waals surface area contributed by atoms with Gasteiger partial charge in [0.1, 0.15) is 0 Å². The van der Waals surface area contributed by atoms with E-state index in [1.807, 2.05) is 0 Å². The molecule has 35 heavy (non-hydrogen) atoms. The summed E-state index contributed by atoms with van der Waals surface area (Å²) < 4.78 is 2.14. The Morgan fingerprint density at radius 1 is 0.743 bits per heavy atom. The second kappa shape index (κ2) is 8.01. The molecule has 0 N–H and O–H groups in total. The van der Waals surface area contributed by atoms with Crippen LogP contribution in [0.3, 0.4) is 0 Å². The molecule has 2 unspecified atom stereocenters. The Bertz CT molecular complexity index is 1220. The third-order valence-corrected chi connectivity index (χ3v) is 49.6. The van der Waals surface area contributed by atoms with Crippen LogP contribution in [-0.4, -0.2) is 20.5 Å². The van der Waals surface area contributed by atoms with Crippen LogP contribution in [0.4, 0.5) is 0 Å². The number of halogens is 2. The number of allylic oxidation sites excluding steroid dienone is 2. The molecule has 0 bridgehead atoms. The van der Waals surface area contributed by atoms with E-state index >= 15 is 0 Å². The monoisotopic (exact) mass is 572 g/mol. The maximum atomic E-state index is 8.78. The molecule has 2 atom stereocenters. The van der Waals surface area contributed by atoms with Gasteiger partial charge in [0.05, 0.1) is 0 Å². The first-order valence-electron chi connectivity index (χ1n) is 13.8. The topological polar surface area (TPSA) is 0 Å². The Morgan fingerprint density at radius 3 is 1.46 bits per heavy atom. The molecule has 2 fully saturated rings. The Labute approximate surface area is 222 Å². The molecule has 0 saturated carbocycles. The van der Waals surface area contributed by atoms with Crippen molar-refractivity contribution in [2.24, 2.45) is 0 Å². The van der Waals surface area contributed by atoms with Crippen molar-refractivity contribution in [1.29, 1.82) is 0 Å². The number of hydrogen-bond acceptors (Lipinski definition) is 0. The molecule has 2 aliphatic heterocycles. The van der Waals surface area contributed by atoms with Crippen molar-refractivity contribution in [3.63, 3.8) is 0 Å². The van der Waals surface area contributed by atoms with Crippen LogP contribution in [0.2, 0.25) is 36.3 Å². The van der Waals surface area contributed by atoms with Gasteiger partial charge in [-0.3, -0.25) is 0 Å². The zero-order chi connectivity index (χ0) is 24.6. The van der Waals surface area contributed by atoms with Gasteiger partial charge in [-0.2, -0.15) is 0 Å². The van der Waals surface area contributed by atoms with Gasteiger partial charge in [0.25, 0.3) is 0 Å². The van der Waals surface area contributed by atoms with E-state index in [0.29, 0.717) is 0 Å². The van der Waals surface area contributed by atoms with Gasteiger partial charge in [-0.05, 0) is 0 Å². The van der Waals surface area contributed by atoms with Gasteiger partial charge in [-0.25, -0.2) is 0 Å². The Balaban J connectivity index is 1.80. The van der Waals surface area contributed by atoms with Crippen LogP contribution >= 0.6 is 18.6 Å². The van der Waals surface area contributed by atoms with Crippen molar-refractivity contribution in [3.8, 4) is 0 Å².